The minimum atomic E-state index is 0.265. The van der Waals surface area contributed by atoms with Gasteiger partial charge < -0.3 is 14.8 Å². The summed E-state index contributed by atoms with van der Waals surface area (Å²) >= 11 is 0. The molecule has 3 nitrogen and oxygen atoms in total. The molecular weight excluding hydrogens is 178 g/mol. The first kappa shape index (κ1) is 12.0. The molecule has 1 saturated carbocycles. The average Bonchev–Trinajstić information content (AvgIpc) is 2.15. The van der Waals surface area contributed by atoms with Gasteiger partial charge in [-0.3, -0.25) is 0 Å². The Labute approximate surface area is 87.2 Å². The van der Waals surface area contributed by atoms with Gasteiger partial charge in [0.1, 0.15) is 0 Å². The predicted octanol–water partition coefficient (Wildman–Crippen LogP) is 1.43. The molecular formula is C11H23NO2. The second-order valence-electron chi connectivity index (χ2n) is 4.49. The standard InChI is InChI=1S/C11H23NO2/c1-5-14-7-6-12-9-8-10(13-4)11(9,2)3/h9-10,12H,5-8H2,1-4H3. The SMILES string of the molecule is CCOCCNC1CC(OC)C1(C)C. The maximum atomic E-state index is 5.39. The van der Waals surface area contributed by atoms with E-state index in [0.29, 0.717) is 12.1 Å². The van der Waals surface area contributed by atoms with Crippen molar-refractivity contribution in [2.75, 3.05) is 26.9 Å². The quantitative estimate of drug-likeness (QED) is 0.659. The molecule has 1 aliphatic rings. The fourth-order valence-electron chi connectivity index (χ4n) is 2.08. The second-order valence-corrected chi connectivity index (χ2v) is 4.49. The van der Waals surface area contributed by atoms with E-state index < -0.39 is 0 Å². The molecule has 3 heteroatoms. The molecule has 1 fully saturated rings. The lowest BCUT2D eigenvalue weighted by molar-refractivity contribution is -0.0982. The summed E-state index contributed by atoms with van der Waals surface area (Å²) in [7, 11) is 1.79. The molecule has 1 rings (SSSR count). The van der Waals surface area contributed by atoms with Crippen molar-refractivity contribution in [3.8, 4) is 0 Å². The highest BCUT2D eigenvalue weighted by Crippen LogP contribution is 2.42. The first-order chi connectivity index (χ1) is 6.62. The molecule has 2 unspecified atom stereocenters. The Morgan fingerprint density at radius 1 is 1.43 bits per heavy atom. The van der Waals surface area contributed by atoms with Crippen molar-refractivity contribution >= 4 is 0 Å². The van der Waals surface area contributed by atoms with Crippen LogP contribution < -0.4 is 5.32 Å². The van der Waals surface area contributed by atoms with E-state index in [1.165, 1.54) is 0 Å². The van der Waals surface area contributed by atoms with Gasteiger partial charge in [-0.1, -0.05) is 13.8 Å². The van der Waals surface area contributed by atoms with Crippen molar-refractivity contribution in [2.24, 2.45) is 5.41 Å². The van der Waals surface area contributed by atoms with E-state index in [0.717, 1.165) is 26.2 Å². The van der Waals surface area contributed by atoms with Crippen LogP contribution in [-0.2, 0) is 9.47 Å². The molecule has 1 N–H and O–H groups in total. The minimum Gasteiger partial charge on any atom is -0.381 e. The zero-order valence-electron chi connectivity index (χ0n) is 9.80. The summed E-state index contributed by atoms with van der Waals surface area (Å²) in [5.74, 6) is 0. The highest BCUT2D eigenvalue weighted by molar-refractivity contribution is 5.02. The maximum absolute atomic E-state index is 5.39. The first-order valence-electron chi connectivity index (χ1n) is 5.46. The van der Waals surface area contributed by atoms with Gasteiger partial charge in [-0.15, -0.1) is 0 Å². The van der Waals surface area contributed by atoms with Gasteiger partial charge in [0.2, 0.25) is 0 Å². The van der Waals surface area contributed by atoms with E-state index in [1.807, 2.05) is 6.92 Å². The fourth-order valence-corrected chi connectivity index (χ4v) is 2.08. The van der Waals surface area contributed by atoms with Gasteiger partial charge >= 0.3 is 0 Å². The third-order valence-electron chi connectivity index (χ3n) is 3.30. The van der Waals surface area contributed by atoms with Gasteiger partial charge in [-0.05, 0) is 13.3 Å². The molecule has 0 aromatic carbocycles. The zero-order valence-corrected chi connectivity index (χ0v) is 9.80. The number of methoxy groups -OCH3 is 1. The molecule has 0 heterocycles. The summed E-state index contributed by atoms with van der Waals surface area (Å²) in [5, 5.41) is 3.50. The molecule has 0 aliphatic heterocycles. The smallest absolute Gasteiger partial charge is 0.0652 e. The monoisotopic (exact) mass is 201 g/mol. The van der Waals surface area contributed by atoms with E-state index in [2.05, 4.69) is 19.2 Å². The summed E-state index contributed by atoms with van der Waals surface area (Å²) in [6.07, 6.45) is 1.53. The first-order valence-corrected chi connectivity index (χ1v) is 5.46. The molecule has 0 bridgehead atoms. The molecule has 1 aliphatic carbocycles. The van der Waals surface area contributed by atoms with Gasteiger partial charge in [0.25, 0.3) is 0 Å². The van der Waals surface area contributed by atoms with Crippen LogP contribution in [0.4, 0.5) is 0 Å². The van der Waals surface area contributed by atoms with E-state index in [9.17, 15) is 0 Å². The topological polar surface area (TPSA) is 30.5 Å². The van der Waals surface area contributed by atoms with Crippen LogP contribution in [0.2, 0.25) is 0 Å². The van der Waals surface area contributed by atoms with Crippen LogP contribution in [0.5, 0.6) is 0 Å². The summed E-state index contributed by atoms with van der Waals surface area (Å²) in [6.45, 7) is 9.08. The molecule has 0 aromatic rings. The van der Waals surface area contributed by atoms with Crippen LogP contribution in [0.25, 0.3) is 0 Å². The van der Waals surface area contributed by atoms with Gasteiger partial charge in [0.15, 0.2) is 0 Å². The summed E-state index contributed by atoms with van der Waals surface area (Å²) < 4.78 is 10.7. The van der Waals surface area contributed by atoms with Gasteiger partial charge in [-0.25, -0.2) is 0 Å². The van der Waals surface area contributed by atoms with Crippen molar-refractivity contribution in [3.05, 3.63) is 0 Å². The van der Waals surface area contributed by atoms with E-state index in [-0.39, 0.29) is 5.41 Å². The lowest BCUT2D eigenvalue weighted by atomic mass is 9.64. The maximum Gasteiger partial charge on any atom is 0.0652 e. The summed E-state index contributed by atoms with van der Waals surface area (Å²) in [6, 6.07) is 0.577. The van der Waals surface area contributed by atoms with Crippen molar-refractivity contribution < 1.29 is 9.47 Å². The van der Waals surface area contributed by atoms with Crippen LogP contribution >= 0.6 is 0 Å². The van der Waals surface area contributed by atoms with Gasteiger partial charge in [0, 0.05) is 31.7 Å². The average molecular weight is 201 g/mol. The van der Waals surface area contributed by atoms with Crippen molar-refractivity contribution in [3.63, 3.8) is 0 Å². The Bertz CT molecular complexity index is 171. The predicted molar refractivity (Wildman–Crippen MR) is 57.5 cm³/mol. The van der Waals surface area contributed by atoms with E-state index in [1.54, 1.807) is 7.11 Å². The van der Waals surface area contributed by atoms with Crippen molar-refractivity contribution in [1.29, 1.82) is 0 Å². The number of nitrogens with one attached hydrogen (secondary N) is 1. The third kappa shape index (κ3) is 2.47. The number of ether oxygens (including phenoxy) is 2. The molecule has 0 spiro atoms. The van der Waals surface area contributed by atoms with Gasteiger partial charge in [-0.2, -0.15) is 0 Å². The fraction of sp³-hybridized carbons (Fsp3) is 1.00. The van der Waals surface area contributed by atoms with Crippen LogP contribution in [0.1, 0.15) is 27.2 Å². The molecule has 14 heavy (non-hydrogen) atoms. The Kier molecular flexibility index (Phi) is 4.35. The zero-order chi connectivity index (χ0) is 10.6. The molecule has 0 aromatic heterocycles. The van der Waals surface area contributed by atoms with Crippen molar-refractivity contribution in [2.45, 2.75) is 39.3 Å². The Morgan fingerprint density at radius 3 is 2.64 bits per heavy atom. The Hall–Kier alpha value is -0.120. The second kappa shape index (κ2) is 5.10. The molecule has 84 valence electrons. The number of hydrogen-bond donors (Lipinski definition) is 1. The Morgan fingerprint density at radius 2 is 2.14 bits per heavy atom. The largest absolute Gasteiger partial charge is 0.381 e. The highest BCUT2D eigenvalue weighted by Gasteiger charge is 2.47. The van der Waals surface area contributed by atoms with Crippen LogP contribution in [0.3, 0.4) is 0 Å². The lowest BCUT2D eigenvalue weighted by Crippen LogP contribution is -2.61. The highest BCUT2D eigenvalue weighted by atomic mass is 16.5. The van der Waals surface area contributed by atoms with E-state index >= 15 is 0 Å². The van der Waals surface area contributed by atoms with E-state index in [4.69, 9.17) is 9.47 Å². The van der Waals surface area contributed by atoms with Crippen LogP contribution in [0.15, 0.2) is 0 Å². The molecule has 0 saturated heterocycles. The third-order valence-corrected chi connectivity index (χ3v) is 3.30. The Balaban J connectivity index is 2.15. The summed E-state index contributed by atoms with van der Waals surface area (Å²) in [4.78, 5) is 0. The number of rotatable bonds is 6. The molecule has 0 radical (unpaired) electrons. The summed E-state index contributed by atoms with van der Waals surface area (Å²) in [5.41, 5.74) is 0.265. The van der Waals surface area contributed by atoms with Crippen LogP contribution in [0, 0.1) is 5.41 Å². The minimum absolute atomic E-state index is 0.265. The molecule has 0 amide bonds. The normalized spacial score (nSPS) is 30.0. The molecule has 2 atom stereocenters. The number of hydrogen-bond acceptors (Lipinski definition) is 3. The lowest BCUT2D eigenvalue weighted by Gasteiger charge is -2.51. The van der Waals surface area contributed by atoms with Gasteiger partial charge in [0.05, 0.1) is 12.7 Å². The van der Waals surface area contributed by atoms with Crippen LogP contribution in [-0.4, -0.2) is 39.0 Å². The van der Waals surface area contributed by atoms with Crippen molar-refractivity contribution in [1.82, 2.24) is 5.32 Å².